The van der Waals surface area contributed by atoms with Crippen LogP contribution < -0.4 is 10.1 Å². The van der Waals surface area contributed by atoms with E-state index in [0.717, 1.165) is 37.0 Å². The van der Waals surface area contributed by atoms with Crippen molar-refractivity contribution in [1.29, 1.82) is 0 Å². The molecule has 2 bridgehead atoms. The quantitative estimate of drug-likeness (QED) is 0.566. The Labute approximate surface area is 134 Å². The number of amides is 1. The number of allylic oxidation sites excluding steroid dienone is 1. The first kappa shape index (κ1) is 13.9. The van der Waals surface area contributed by atoms with Gasteiger partial charge in [-0.15, -0.1) is 0 Å². The van der Waals surface area contributed by atoms with Crippen molar-refractivity contribution in [3.8, 4) is 5.75 Å². The Morgan fingerprint density at radius 1 is 1.45 bits per heavy atom. The number of ether oxygens (including phenoxy) is 1. The van der Waals surface area contributed by atoms with Crippen molar-refractivity contribution < 1.29 is 14.6 Å². The standard InChI is InChI=1S/C17H18ClNO3/c1-9(20)14-15-11-8-10(18)5-6-13(11)22-17(19-16(14)21)7-3-2-4-12(15)17/h5-6,8,12,15,20H,2-4,7H2,1H3,(H,19,21)/b14-9-/t12-,15-,17-/m1/s1. The Bertz CT molecular complexity index is 695. The zero-order valence-corrected chi connectivity index (χ0v) is 13.1. The number of piperidine rings is 1. The molecule has 3 atom stereocenters. The van der Waals surface area contributed by atoms with Crippen molar-refractivity contribution >= 4 is 17.5 Å². The van der Waals surface area contributed by atoms with E-state index in [2.05, 4.69) is 5.32 Å². The SMILES string of the molecule is C/C(O)=C1/C(=O)N[C@@]23CCCC[C@@H]2[C@H]1c1cc(Cl)ccc1O3. The van der Waals surface area contributed by atoms with Gasteiger partial charge in [0.1, 0.15) is 5.75 Å². The second kappa shape index (κ2) is 4.66. The van der Waals surface area contributed by atoms with Gasteiger partial charge >= 0.3 is 0 Å². The first-order chi connectivity index (χ1) is 10.5. The summed E-state index contributed by atoms with van der Waals surface area (Å²) in [6.07, 6.45) is 3.91. The van der Waals surface area contributed by atoms with Crippen LogP contribution in [-0.4, -0.2) is 16.7 Å². The fraction of sp³-hybridized carbons (Fsp3) is 0.471. The Kier molecular flexibility index (Phi) is 2.95. The molecule has 4 rings (SSSR count). The molecule has 22 heavy (non-hydrogen) atoms. The number of benzene rings is 1. The van der Waals surface area contributed by atoms with E-state index in [-0.39, 0.29) is 23.5 Å². The van der Waals surface area contributed by atoms with Crippen LogP contribution in [0.25, 0.3) is 0 Å². The molecule has 0 unspecified atom stereocenters. The van der Waals surface area contributed by atoms with Crippen molar-refractivity contribution in [2.75, 3.05) is 0 Å². The molecule has 5 heteroatoms. The van der Waals surface area contributed by atoms with Crippen LogP contribution in [0.4, 0.5) is 0 Å². The Balaban J connectivity index is 1.97. The van der Waals surface area contributed by atoms with Crippen LogP contribution in [0.15, 0.2) is 29.5 Å². The summed E-state index contributed by atoms with van der Waals surface area (Å²) in [5, 5.41) is 13.7. The number of rotatable bonds is 0. The van der Waals surface area contributed by atoms with Gasteiger partial charge in [0.05, 0.1) is 11.3 Å². The Morgan fingerprint density at radius 2 is 2.27 bits per heavy atom. The third kappa shape index (κ3) is 1.80. The average Bonchev–Trinajstić information content (AvgIpc) is 2.46. The molecule has 1 saturated heterocycles. The van der Waals surface area contributed by atoms with Gasteiger partial charge in [-0.05, 0) is 38.0 Å². The van der Waals surface area contributed by atoms with Crippen LogP contribution in [-0.2, 0) is 4.79 Å². The molecule has 2 heterocycles. The molecule has 1 aromatic rings. The monoisotopic (exact) mass is 319 g/mol. The van der Waals surface area contributed by atoms with Crippen molar-refractivity contribution in [3.05, 3.63) is 40.1 Å². The number of carbonyl (C=O) groups excluding carboxylic acids is 1. The van der Waals surface area contributed by atoms with E-state index < -0.39 is 5.72 Å². The minimum Gasteiger partial charge on any atom is -0.512 e. The van der Waals surface area contributed by atoms with Crippen molar-refractivity contribution in [1.82, 2.24) is 5.32 Å². The summed E-state index contributed by atoms with van der Waals surface area (Å²) in [5.41, 5.74) is 0.724. The highest BCUT2D eigenvalue weighted by atomic mass is 35.5. The van der Waals surface area contributed by atoms with E-state index in [1.807, 2.05) is 12.1 Å². The van der Waals surface area contributed by atoms with Crippen LogP contribution in [0.1, 0.15) is 44.1 Å². The van der Waals surface area contributed by atoms with E-state index in [1.54, 1.807) is 13.0 Å². The highest BCUT2D eigenvalue weighted by molar-refractivity contribution is 6.30. The minimum absolute atomic E-state index is 0.0782. The van der Waals surface area contributed by atoms with Crippen LogP contribution >= 0.6 is 11.6 Å². The third-order valence-electron chi connectivity index (χ3n) is 5.18. The fourth-order valence-electron chi connectivity index (χ4n) is 4.33. The van der Waals surface area contributed by atoms with Gasteiger partial charge in [-0.3, -0.25) is 4.79 Å². The molecule has 3 aliphatic rings. The normalized spacial score (nSPS) is 34.9. The summed E-state index contributed by atoms with van der Waals surface area (Å²) >= 11 is 6.16. The number of halogens is 1. The number of hydrogen-bond donors (Lipinski definition) is 2. The van der Waals surface area contributed by atoms with Crippen LogP contribution in [0.5, 0.6) is 5.75 Å². The summed E-state index contributed by atoms with van der Waals surface area (Å²) < 4.78 is 6.25. The number of fused-ring (bicyclic) bond motifs is 2. The molecular formula is C17H18ClNO3. The number of carbonyl (C=O) groups is 1. The van der Waals surface area contributed by atoms with E-state index in [9.17, 15) is 9.90 Å². The zero-order valence-electron chi connectivity index (χ0n) is 12.4. The Morgan fingerprint density at radius 3 is 3.05 bits per heavy atom. The van der Waals surface area contributed by atoms with Crippen molar-refractivity contribution in [2.45, 2.75) is 44.2 Å². The smallest absolute Gasteiger partial charge is 0.254 e. The highest BCUT2D eigenvalue weighted by Crippen LogP contribution is 2.56. The molecule has 0 aromatic heterocycles. The number of aliphatic hydroxyl groups is 1. The molecule has 2 N–H and O–H groups in total. The fourth-order valence-corrected chi connectivity index (χ4v) is 4.51. The van der Waals surface area contributed by atoms with Crippen LogP contribution in [0.3, 0.4) is 0 Å². The van der Waals surface area contributed by atoms with Gasteiger partial charge in [-0.2, -0.15) is 0 Å². The zero-order chi connectivity index (χ0) is 15.5. The summed E-state index contributed by atoms with van der Waals surface area (Å²) in [4.78, 5) is 12.6. The van der Waals surface area contributed by atoms with Gasteiger partial charge in [-0.25, -0.2) is 0 Å². The van der Waals surface area contributed by atoms with E-state index >= 15 is 0 Å². The maximum atomic E-state index is 12.6. The van der Waals surface area contributed by atoms with Crippen LogP contribution in [0, 0.1) is 5.92 Å². The second-order valence-electron chi connectivity index (χ2n) is 6.46. The number of aliphatic hydroxyl groups excluding tert-OH is 1. The van der Waals surface area contributed by atoms with Crippen molar-refractivity contribution in [3.63, 3.8) is 0 Å². The number of nitrogens with one attached hydrogen (secondary N) is 1. The lowest BCUT2D eigenvalue weighted by Gasteiger charge is -2.54. The van der Waals surface area contributed by atoms with Crippen LogP contribution in [0.2, 0.25) is 5.02 Å². The molecule has 2 fully saturated rings. The topological polar surface area (TPSA) is 58.6 Å². The van der Waals surface area contributed by atoms with Crippen molar-refractivity contribution in [2.24, 2.45) is 5.92 Å². The van der Waals surface area contributed by atoms with E-state index in [1.165, 1.54) is 0 Å². The predicted molar refractivity (Wildman–Crippen MR) is 83.0 cm³/mol. The third-order valence-corrected chi connectivity index (χ3v) is 5.42. The molecule has 0 radical (unpaired) electrons. The lowest BCUT2D eigenvalue weighted by Crippen LogP contribution is -2.66. The van der Waals surface area contributed by atoms with Gasteiger partial charge in [0.15, 0.2) is 5.72 Å². The molecule has 116 valence electrons. The summed E-state index contributed by atoms with van der Waals surface area (Å²) in [5.74, 6) is 0.595. The lowest BCUT2D eigenvalue weighted by molar-refractivity contribution is -0.140. The first-order valence-electron chi connectivity index (χ1n) is 7.72. The summed E-state index contributed by atoms with van der Waals surface area (Å²) in [6.45, 7) is 1.57. The first-order valence-corrected chi connectivity index (χ1v) is 8.10. The van der Waals surface area contributed by atoms with Gasteiger partial charge < -0.3 is 15.2 Å². The molecule has 2 aliphatic heterocycles. The predicted octanol–water partition coefficient (Wildman–Crippen LogP) is 3.66. The molecule has 1 amide bonds. The van der Waals surface area contributed by atoms with Gasteiger partial charge in [0.2, 0.25) is 0 Å². The molecule has 0 spiro atoms. The van der Waals surface area contributed by atoms with E-state index in [4.69, 9.17) is 16.3 Å². The van der Waals surface area contributed by atoms with Gasteiger partial charge in [0, 0.05) is 28.8 Å². The molecule has 4 nitrogen and oxygen atoms in total. The molecule has 1 aromatic carbocycles. The Hall–Kier alpha value is -1.68. The van der Waals surface area contributed by atoms with E-state index in [0.29, 0.717) is 10.6 Å². The second-order valence-corrected chi connectivity index (χ2v) is 6.89. The van der Waals surface area contributed by atoms with Gasteiger partial charge in [-0.1, -0.05) is 18.0 Å². The minimum atomic E-state index is -0.639. The average molecular weight is 320 g/mol. The number of hydrogen-bond acceptors (Lipinski definition) is 3. The largest absolute Gasteiger partial charge is 0.512 e. The molecule has 1 saturated carbocycles. The summed E-state index contributed by atoms with van der Waals surface area (Å²) in [6, 6.07) is 5.52. The maximum absolute atomic E-state index is 12.6. The summed E-state index contributed by atoms with van der Waals surface area (Å²) in [7, 11) is 0. The lowest BCUT2D eigenvalue weighted by atomic mass is 9.64. The highest BCUT2D eigenvalue weighted by Gasteiger charge is 2.57. The van der Waals surface area contributed by atoms with Gasteiger partial charge in [0.25, 0.3) is 5.91 Å². The maximum Gasteiger partial charge on any atom is 0.254 e. The molecule has 1 aliphatic carbocycles. The molecular weight excluding hydrogens is 302 g/mol.